The molecule has 0 spiro atoms. The highest BCUT2D eigenvalue weighted by Crippen LogP contribution is 2.28. The maximum Gasteiger partial charge on any atom is 0.303 e. The number of aliphatic hydroxyl groups is 1. The molecular weight excluding hydrogens is 473 g/mol. The monoisotopic (exact) mass is 491 g/mol. The van der Waals surface area contributed by atoms with Crippen molar-refractivity contribution in [3.8, 4) is 6.07 Å². The number of nitriles is 1. The van der Waals surface area contributed by atoms with Crippen molar-refractivity contribution in [3.05, 3.63) is 0 Å². The topological polar surface area (TPSA) is 158 Å². The van der Waals surface area contributed by atoms with Gasteiger partial charge < -0.3 is 28.8 Å². The summed E-state index contributed by atoms with van der Waals surface area (Å²) in [5.74, 6) is -2.87. The molecule has 0 saturated carbocycles. The van der Waals surface area contributed by atoms with Crippen molar-refractivity contribution < 1.29 is 48.0 Å². The van der Waals surface area contributed by atoms with Crippen LogP contribution in [-0.2, 0) is 42.9 Å². The van der Waals surface area contributed by atoms with Crippen molar-refractivity contribution >= 4 is 58.7 Å². The maximum absolute atomic E-state index is 11.3. The Bertz CT molecular complexity index is 675. The number of halogens is 3. The van der Waals surface area contributed by atoms with Gasteiger partial charge in [-0.3, -0.25) is 19.2 Å². The first-order valence-corrected chi connectivity index (χ1v) is 9.27. The highest BCUT2D eigenvalue weighted by atomic mass is 35.6. The van der Waals surface area contributed by atoms with E-state index < -0.39 is 58.4 Å². The van der Waals surface area contributed by atoms with Crippen molar-refractivity contribution in [1.29, 1.82) is 5.26 Å². The largest absolute Gasteiger partial charge is 0.463 e. The van der Waals surface area contributed by atoms with Gasteiger partial charge in [0.25, 0.3) is 3.79 Å². The van der Waals surface area contributed by atoms with E-state index >= 15 is 0 Å². The third-order valence-corrected chi connectivity index (χ3v) is 3.35. The van der Waals surface area contributed by atoms with Crippen LogP contribution in [0.2, 0.25) is 0 Å². The summed E-state index contributed by atoms with van der Waals surface area (Å²) in [6, 6.07) is 1.40. The number of alkyl halides is 3. The molecule has 5 atom stereocenters. The number of nitrogens with zero attached hydrogens (tertiary/aromatic N) is 1. The fraction of sp³-hybridized carbons (Fsp3) is 0.688. The molecule has 170 valence electrons. The van der Waals surface area contributed by atoms with Crippen LogP contribution in [0.1, 0.15) is 27.7 Å². The fourth-order valence-corrected chi connectivity index (χ4v) is 2.21. The molecule has 1 saturated heterocycles. The van der Waals surface area contributed by atoms with Crippen LogP contribution in [-0.4, -0.2) is 70.1 Å². The lowest BCUT2D eigenvalue weighted by Gasteiger charge is -2.42. The van der Waals surface area contributed by atoms with Gasteiger partial charge in [0, 0.05) is 27.7 Å². The Morgan fingerprint density at radius 3 is 1.67 bits per heavy atom. The van der Waals surface area contributed by atoms with Crippen LogP contribution in [0.25, 0.3) is 0 Å². The summed E-state index contributed by atoms with van der Waals surface area (Å²) in [5.41, 5.74) is 0. The van der Waals surface area contributed by atoms with Crippen LogP contribution in [0.15, 0.2) is 0 Å². The van der Waals surface area contributed by atoms with E-state index in [1.807, 2.05) is 0 Å². The molecule has 1 aliphatic heterocycles. The van der Waals surface area contributed by atoms with Crippen LogP contribution in [0.4, 0.5) is 0 Å². The minimum atomic E-state index is -1.74. The van der Waals surface area contributed by atoms with Crippen LogP contribution in [0.5, 0.6) is 0 Å². The first kappa shape index (κ1) is 28.2. The third-order valence-electron chi connectivity index (χ3n) is 3.09. The van der Waals surface area contributed by atoms with Crippen LogP contribution < -0.4 is 0 Å². The normalized spacial score (nSPS) is 25.5. The van der Waals surface area contributed by atoms with Crippen molar-refractivity contribution in [2.24, 2.45) is 0 Å². The molecule has 14 heteroatoms. The van der Waals surface area contributed by atoms with Crippen molar-refractivity contribution in [3.63, 3.8) is 0 Å². The van der Waals surface area contributed by atoms with Crippen LogP contribution in [0.3, 0.4) is 0 Å². The van der Waals surface area contributed by atoms with E-state index in [1.165, 1.54) is 6.07 Å². The van der Waals surface area contributed by atoms with E-state index in [0.717, 1.165) is 27.7 Å². The zero-order valence-corrected chi connectivity index (χ0v) is 18.6. The van der Waals surface area contributed by atoms with Crippen LogP contribution >= 0.6 is 34.8 Å². The van der Waals surface area contributed by atoms with E-state index in [-0.39, 0.29) is 6.61 Å². The SMILES string of the molecule is CC(=O)OC[C@H]1OC(O)[C@H](OC(C)=O)[C@@H](OC(C)=O)[C@@H]1OC(C)=O.N#CC(Cl)(Cl)Cl. The molecule has 0 aromatic carbocycles. The van der Waals surface area contributed by atoms with Gasteiger partial charge in [-0.2, -0.15) is 5.26 Å². The second kappa shape index (κ2) is 12.8. The summed E-state index contributed by atoms with van der Waals surface area (Å²) in [6.07, 6.45) is -6.79. The number of carbonyl (C=O) groups excluding carboxylic acids is 4. The summed E-state index contributed by atoms with van der Waals surface area (Å²) in [5, 5.41) is 17.8. The Morgan fingerprint density at radius 1 is 0.900 bits per heavy atom. The number of esters is 4. The van der Waals surface area contributed by atoms with Gasteiger partial charge in [-0.15, -0.1) is 0 Å². The summed E-state index contributed by atoms with van der Waals surface area (Å²) in [4.78, 5) is 44.9. The molecule has 1 unspecified atom stereocenters. The first-order chi connectivity index (χ1) is 13.7. The van der Waals surface area contributed by atoms with Crippen molar-refractivity contribution in [2.75, 3.05) is 6.61 Å². The molecule has 1 fully saturated rings. The zero-order chi connectivity index (χ0) is 23.6. The summed E-state index contributed by atoms with van der Waals surface area (Å²) < 4.78 is 23.3. The Balaban J connectivity index is 0.00000122. The Hall–Kier alpha value is -1.84. The molecule has 0 aromatic rings. The molecular formula is C16H20Cl3NO10. The van der Waals surface area contributed by atoms with Gasteiger partial charge in [-0.25, -0.2) is 0 Å². The standard InChI is InChI=1S/C14H20O10.C2Cl3N/c1-6(15)20-5-10-11(21-7(2)16)12(22-8(3)17)13(14(19)24-10)23-9(4)18;3-2(4,5)1-6/h10-14,19H,5H2,1-4H3;/t10-,11-,12+,13-,14?;/m1./s1. The van der Waals surface area contributed by atoms with Gasteiger partial charge >= 0.3 is 23.9 Å². The molecule has 0 bridgehead atoms. The van der Waals surface area contributed by atoms with E-state index in [9.17, 15) is 24.3 Å². The molecule has 0 radical (unpaired) electrons. The van der Waals surface area contributed by atoms with Gasteiger partial charge in [0.15, 0.2) is 24.6 Å². The number of aliphatic hydroxyl groups excluding tert-OH is 1. The number of carbonyl (C=O) groups is 4. The predicted octanol–water partition coefficient (Wildman–Crippen LogP) is 0.942. The second-order valence-electron chi connectivity index (χ2n) is 5.70. The summed E-state index contributed by atoms with van der Waals surface area (Å²) >= 11 is 14.7. The molecule has 1 N–H and O–H groups in total. The smallest absolute Gasteiger partial charge is 0.303 e. The molecule has 0 aliphatic carbocycles. The Kier molecular flexibility index (Phi) is 12.0. The molecule has 1 aliphatic rings. The second-order valence-corrected chi connectivity index (χ2v) is 7.98. The van der Waals surface area contributed by atoms with E-state index in [2.05, 4.69) is 0 Å². The predicted molar refractivity (Wildman–Crippen MR) is 100 cm³/mol. The average molecular weight is 493 g/mol. The van der Waals surface area contributed by atoms with E-state index in [4.69, 9.17) is 63.7 Å². The average Bonchev–Trinajstić information content (AvgIpc) is 2.57. The zero-order valence-electron chi connectivity index (χ0n) is 16.3. The molecule has 0 aromatic heterocycles. The van der Waals surface area contributed by atoms with Gasteiger partial charge in [-0.1, -0.05) is 34.8 Å². The maximum atomic E-state index is 11.3. The number of hydrogen-bond acceptors (Lipinski definition) is 11. The lowest BCUT2D eigenvalue weighted by Crippen LogP contribution is -2.62. The summed E-state index contributed by atoms with van der Waals surface area (Å²) in [6.45, 7) is 4.09. The molecule has 30 heavy (non-hydrogen) atoms. The number of ether oxygens (including phenoxy) is 5. The summed E-state index contributed by atoms with van der Waals surface area (Å²) in [7, 11) is 0. The van der Waals surface area contributed by atoms with Crippen molar-refractivity contribution in [1.82, 2.24) is 0 Å². The lowest BCUT2D eigenvalue weighted by molar-refractivity contribution is -0.296. The Labute approximate surface area is 187 Å². The molecule has 1 rings (SSSR count). The Morgan fingerprint density at radius 2 is 1.30 bits per heavy atom. The van der Waals surface area contributed by atoms with Crippen LogP contribution in [0, 0.1) is 11.3 Å². The minimum Gasteiger partial charge on any atom is -0.463 e. The van der Waals surface area contributed by atoms with Gasteiger partial charge in [0.1, 0.15) is 18.8 Å². The minimum absolute atomic E-state index is 0.366. The van der Waals surface area contributed by atoms with E-state index in [1.54, 1.807) is 0 Å². The fourth-order valence-electron chi connectivity index (χ4n) is 2.21. The first-order valence-electron chi connectivity index (χ1n) is 8.14. The van der Waals surface area contributed by atoms with Gasteiger partial charge in [0.2, 0.25) is 0 Å². The highest BCUT2D eigenvalue weighted by Gasteiger charge is 2.51. The highest BCUT2D eigenvalue weighted by molar-refractivity contribution is 6.69. The van der Waals surface area contributed by atoms with Gasteiger partial charge in [0.05, 0.1) is 0 Å². The molecule has 0 amide bonds. The molecule has 11 nitrogen and oxygen atoms in total. The molecule has 1 heterocycles. The lowest BCUT2D eigenvalue weighted by atomic mass is 9.98. The van der Waals surface area contributed by atoms with E-state index in [0.29, 0.717) is 0 Å². The quantitative estimate of drug-likeness (QED) is 0.330. The third kappa shape index (κ3) is 11.4. The number of hydrogen-bond donors (Lipinski definition) is 1. The van der Waals surface area contributed by atoms with Gasteiger partial charge in [-0.05, 0) is 0 Å². The van der Waals surface area contributed by atoms with Crippen molar-refractivity contribution in [2.45, 2.75) is 62.2 Å². The number of rotatable bonds is 5.